The van der Waals surface area contributed by atoms with Gasteiger partial charge in [-0.15, -0.1) is 0 Å². The summed E-state index contributed by atoms with van der Waals surface area (Å²) in [5.74, 6) is -2.05. The fraction of sp³-hybridized carbons (Fsp3) is 0.500. The summed E-state index contributed by atoms with van der Waals surface area (Å²) in [6.45, 7) is 4.44. The molecule has 2 heterocycles. The molecule has 272 valence electrons. The van der Waals surface area contributed by atoms with E-state index in [0.717, 1.165) is 30.5 Å². The summed E-state index contributed by atoms with van der Waals surface area (Å²) in [7, 11) is -6.15. The Hall–Kier alpha value is -3.90. The third-order valence-electron chi connectivity index (χ3n) is 7.18. The lowest BCUT2D eigenvalue weighted by Crippen LogP contribution is -2.50. The Morgan fingerprint density at radius 1 is 0.633 bits per heavy atom. The van der Waals surface area contributed by atoms with Crippen molar-refractivity contribution in [3.05, 3.63) is 71.8 Å². The first-order chi connectivity index (χ1) is 23.1. The number of carbonyl (C=O) groups is 4. The number of piperazine rings is 2. The van der Waals surface area contributed by atoms with Crippen LogP contribution in [0.2, 0.25) is 0 Å². The van der Waals surface area contributed by atoms with Crippen molar-refractivity contribution in [3.8, 4) is 0 Å². The van der Waals surface area contributed by atoms with Gasteiger partial charge in [0.2, 0.25) is 26.0 Å². The Balaban J connectivity index is 0.000000283. The summed E-state index contributed by atoms with van der Waals surface area (Å²) in [4.78, 5) is 46.6. The summed E-state index contributed by atoms with van der Waals surface area (Å²) < 4.78 is 57.5. The van der Waals surface area contributed by atoms with E-state index in [2.05, 4.69) is 5.32 Å². The molecular formula is C32H46N4O11S2. The van der Waals surface area contributed by atoms with Gasteiger partial charge in [0.25, 0.3) is 0 Å². The van der Waals surface area contributed by atoms with Crippen LogP contribution in [-0.4, -0.2) is 124 Å². The zero-order chi connectivity index (χ0) is 36.3. The van der Waals surface area contributed by atoms with E-state index in [4.69, 9.17) is 14.6 Å². The van der Waals surface area contributed by atoms with Crippen LogP contribution in [0.3, 0.4) is 0 Å². The van der Waals surface area contributed by atoms with Crippen LogP contribution in [0.1, 0.15) is 36.8 Å². The molecule has 2 fully saturated rings. The summed E-state index contributed by atoms with van der Waals surface area (Å²) in [6.07, 6.45) is 2.24. The second-order valence-corrected chi connectivity index (χ2v) is 15.1. The van der Waals surface area contributed by atoms with Crippen molar-refractivity contribution in [1.29, 1.82) is 0 Å². The molecule has 1 amide bonds. The molecule has 0 unspecified atom stereocenters. The molecule has 0 atom stereocenters. The fourth-order valence-corrected chi connectivity index (χ4v) is 6.11. The molecule has 0 aromatic heterocycles. The monoisotopic (exact) mass is 726 g/mol. The van der Waals surface area contributed by atoms with Gasteiger partial charge in [0.05, 0.1) is 31.8 Å². The zero-order valence-corrected chi connectivity index (χ0v) is 29.5. The first kappa shape index (κ1) is 41.3. The number of ether oxygens (including phenoxy) is 2. The van der Waals surface area contributed by atoms with Crippen molar-refractivity contribution in [1.82, 2.24) is 18.8 Å². The highest BCUT2D eigenvalue weighted by Gasteiger charge is 2.26. The second kappa shape index (κ2) is 21.2. The number of hydrogen-bond donors (Lipinski definition) is 2. The van der Waals surface area contributed by atoms with Gasteiger partial charge in [0.1, 0.15) is 13.2 Å². The van der Waals surface area contributed by atoms with E-state index in [1.807, 2.05) is 60.7 Å². The Kier molecular flexibility index (Phi) is 17.9. The molecule has 17 heteroatoms. The molecule has 4 rings (SSSR count). The van der Waals surface area contributed by atoms with Crippen LogP contribution in [0.4, 0.5) is 0 Å². The predicted molar refractivity (Wildman–Crippen MR) is 181 cm³/mol. The van der Waals surface area contributed by atoms with E-state index in [9.17, 15) is 36.0 Å². The third-order valence-corrected chi connectivity index (χ3v) is 9.78. The average Bonchev–Trinajstić information content (AvgIpc) is 3.09. The molecule has 2 aromatic carbocycles. The molecule has 0 bridgehead atoms. The van der Waals surface area contributed by atoms with E-state index < -0.39 is 38.0 Å². The number of esters is 2. The molecule has 49 heavy (non-hydrogen) atoms. The van der Waals surface area contributed by atoms with Crippen molar-refractivity contribution in [2.75, 3.05) is 64.9 Å². The zero-order valence-electron chi connectivity index (χ0n) is 27.9. The topological polar surface area (TPSA) is 197 Å². The number of benzene rings is 2. The van der Waals surface area contributed by atoms with Gasteiger partial charge in [-0.05, 0) is 11.1 Å². The van der Waals surface area contributed by atoms with E-state index in [1.54, 1.807) is 4.90 Å². The van der Waals surface area contributed by atoms with E-state index in [-0.39, 0.29) is 44.8 Å². The SMILES string of the molecule is CS(=O)(=O)N1CCN(C(=O)CCC(=O)OCc2ccccc2)CC1.CS(=O)(=O)N1CCNCC1.O=C(O)CCC(=O)OCc1ccccc1. The summed E-state index contributed by atoms with van der Waals surface area (Å²) in [6, 6.07) is 18.6. The normalized spacial score (nSPS) is 15.4. The van der Waals surface area contributed by atoms with Crippen LogP contribution < -0.4 is 5.32 Å². The number of rotatable bonds is 12. The Bertz CT molecular complexity index is 1540. The lowest BCUT2D eigenvalue weighted by molar-refractivity contribution is -0.148. The minimum absolute atomic E-state index is 0.0258. The number of carboxylic acids is 1. The first-order valence-corrected chi connectivity index (χ1v) is 19.3. The Morgan fingerprint density at radius 2 is 1.04 bits per heavy atom. The van der Waals surface area contributed by atoms with Crippen molar-refractivity contribution in [2.45, 2.75) is 38.9 Å². The average molecular weight is 727 g/mol. The van der Waals surface area contributed by atoms with Crippen LogP contribution in [-0.2, 0) is 61.9 Å². The number of hydrogen-bond acceptors (Lipinski definition) is 11. The first-order valence-electron chi connectivity index (χ1n) is 15.6. The van der Waals surface area contributed by atoms with Gasteiger partial charge in [-0.3, -0.25) is 19.2 Å². The fourth-order valence-electron chi connectivity index (χ4n) is 4.44. The van der Waals surface area contributed by atoms with Crippen molar-refractivity contribution in [2.24, 2.45) is 0 Å². The van der Waals surface area contributed by atoms with Crippen LogP contribution in [0, 0.1) is 0 Å². The molecule has 2 N–H and O–H groups in total. The number of aliphatic carboxylic acids is 1. The van der Waals surface area contributed by atoms with Crippen LogP contribution in [0.15, 0.2) is 60.7 Å². The summed E-state index contributed by atoms with van der Waals surface area (Å²) in [5, 5.41) is 11.4. The molecule has 2 aliphatic heterocycles. The third kappa shape index (κ3) is 17.9. The van der Waals surface area contributed by atoms with E-state index >= 15 is 0 Å². The number of amides is 1. The molecule has 2 aliphatic rings. The number of nitrogens with zero attached hydrogens (tertiary/aromatic N) is 3. The van der Waals surface area contributed by atoms with Crippen LogP contribution in [0.25, 0.3) is 0 Å². The molecule has 0 aliphatic carbocycles. The van der Waals surface area contributed by atoms with Crippen molar-refractivity contribution < 1.29 is 50.6 Å². The minimum atomic E-state index is -3.21. The minimum Gasteiger partial charge on any atom is -0.481 e. The lowest BCUT2D eigenvalue weighted by atomic mass is 10.2. The standard InChI is InChI=1S/C16H22N2O5S.C11H12O4.C5H12N2O2S/c1-24(21,22)18-11-9-17(10-12-18)15(19)7-8-16(20)23-13-14-5-3-2-4-6-14;12-10(13)6-7-11(14)15-8-9-4-2-1-3-5-9;1-10(8,9)7-4-2-6-3-5-7/h2-6H,7-13H2,1H3;1-5H,6-8H2,(H,12,13);6H,2-5H2,1H3. The lowest BCUT2D eigenvalue weighted by Gasteiger charge is -2.33. The highest BCUT2D eigenvalue weighted by molar-refractivity contribution is 7.88. The largest absolute Gasteiger partial charge is 0.481 e. The maximum Gasteiger partial charge on any atom is 0.306 e. The number of carboxylic acid groups (broad SMARTS) is 1. The smallest absolute Gasteiger partial charge is 0.306 e. The van der Waals surface area contributed by atoms with Gasteiger partial charge in [-0.25, -0.2) is 16.8 Å². The van der Waals surface area contributed by atoms with Crippen LogP contribution in [0.5, 0.6) is 0 Å². The molecule has 15 nitrogen and oxygen atoms in total. The van der Waals surface area contributed by atoms with Crippen LogP contribution >= 0.6 is 0 Å². The van der Waals surface area contributed by atoms with E-state index in [0.29, 0.717) is 39.3 Å². The highest BCUT2D eigenvalue weighted by atomic mass is 32.2. The molecule has 0 spiro atoms. The summed E-state index contributed by atoms with van der Waals surface area (Å²) >= 11 is 0. The number of carbonyl (C=O) groups excluding carboxylic acids is 3. The number of nitrogens with one attached hydrogen (secondary N) is 1. The van der Waals surface area contributed by atoms with Gasteiger partial charge < -0.3 is 24.8 Å². The van der Waals surface area contributed by atoms with Crippen molar-refractivity contribution in [3.63, 3.8) is 0 Å². The van der Waals surface area contributed by atoms with Gasteiger partial charge in [-0.1, -0.05) is 60.7 Å². The van der Waals surface area contributed by atoms with Gasteiger partial charge in [0.15, 0.2) is 0 Å². The summed E-state index contributed by atoms with van der Waals surface area (Å²) in [5.41, 5.74) is 1.79. The molecular weight excluding hydrogens is 681 g/mol. The highest BCUT2D eigenvalue weighted by Crippen LogP contribution is 2.09. The second-order valence-electron chi connectivity index (χ2n) is 11.1. The predicted octanol–water partition coefficient (Wildman–Crippen LogP) is 1.06. The van der Waals surface area contributed by atoms with E-state index in [1.165, 1.54) is 14.9 Å². The Morgan fingerprint density at radius 3 is 1.43 bits per heavy atom. The molecule has 0 saturated carbocycles. The maximum absolute atomic E-state index is 12.1. The van der Waals surface area contributed by atoms with Crippen molar-refractivity contribution >= 4 is 43.9 Å². The van der Waals surface area contributed by atoms with Gasteiger partial charge in [0, 0.05) is 58.8 Å². The Labute approximate surface area is 288 Å². The van der Waals surface area contributed by atoms with Gasteiger partial charge in [-0.2, -0.15) is 8.61 Å². The maximum atomic E-state index is 12.1. The van der Waals surface area contributed by atoms with Gasteiger partial charge >= 0.3 is 17.9 Å². The quantitative estimate of drug-likeness (QED) is 0.296. The molecule has 0 radical (unpaired) electrons. The number of sulfonamides is 2. The molecule has 2 saturated heterocycles. The molecule has 2 aromatic rings.